The van der Waals surface area contributed by atoms with E-state index >= 15 is 0 Å². The van der Waals surface area contributed by atoms with E-state index in [1.807, 2.05) is 0 Å². The lowest BCUT2D eigenvalue weighted by molar-refractivity contribution is -0.255. The van der Waals surface area contributed by atoms with E-state index in [1.165, 1.54) is 24.3 Å². The number of rotatable bonds is 3. The number of hydrogen-bond acceptors (Lipinski definition) is 2. The molecule has 6 heteroatoms. The van der Waals surface area contributed by atoms with Gasteiger partial charge in [-0.05, 0) is 17.7 Å². The lowest BCUT2D eigenvalue weighted by atomic mass is 9.94. The van der Waals surface area contributed by atoms with Gasteiger partial charge in [-0.25, -0.2) is 0 Å². The van der Waals surface area contributed by atoms with Crippen molar-refractivity contribution in [2.24, 2.45) is 5.73 Å². The Hall–Kier alpha value is -0.780. The molecule has 0 amide bonds. The number of hydrogen-bond donors (Lipinski definition) is 2. The third-order valence-electron chi connectivity index (χ3n) is 2.28. The van der Waals surface area contributed by atoms with Crippen molar-refractivity contribution < 1.29 is 18.3 Å². The molecule has 1 aromatic carbocycles. The fourth-order valence-electron chi connectivity index (χ4n) is 1.23. The van der Waals surface area contributed by atoms with Crippen LogP contribution in [-0.4, -0.2) is 23.4 Å². The highest BCUT2D eigenvalue weighted by Gasteiger charge is 2.52. The molecule has 1 aromatic rings. The van der Waals surface area contributed by atoms with Crippen molar-refractivity contribution >= 4 is 11.6 Å². The Labute approximate surface area is 95.8 Å². The van der Waals surface area contributed by atoms with Crippen LogP contribution in [0.5, 0.6) is 0 Å². The molecule has 0 radical (unpaired) electrons. The maximum Gasteiger partial charge on any atom is 0.418 e. The fraction of sp³-hybridized carbons (Fsp3) is 0.400. The van der Waals surface area contributed by atoms with Crippen LogP contribution >= 0.6 is 11.6 Å². The van der Waals surface area contributed by atoms with Crippen molar-refractivity contribution in [2.45, 2.75) is 18.2 Å². The standard InChI is InChI=1S/C10H11ClF3NO/c11-8-3-1-7(2-4-8)5-9(16,6-15)10(12,13)14/h1-4,16H,5-6,15H2. The molecule has 0 saturated heterocycles. The Morgan fingerprint density at radius 2 is 1.69 bits per heavy atom. The van der Waals surface area contributed by atoms with E-state index in [4.69, 9.17) is 17.3 Å². The molecule has 1 rings (SSSR count). The van der Waals surface area contributed by atoms with Crippen molar-refractivity contribution in [3.8, 4) is 0 Å². The maximum atomic E-state index is 12.5. The molecule has 1 atom stereocenters. The number of nitrogens with two attached hydrogens (primary N) is 1. The van der Waals surface area contributed by atoms with Crippen molar-refractivity contribution in [1.29, 1.82) is 0 Å². The monoisotopic (exact) mass is 253 g/mol. The van der Waals surface area contributed by atoms with E-state index in [-0.39, 0.29) is 0 Å². The second kappa shape index (κ2) is 4.61. The molecule has 0 aliphatic heterocycles. The van der Waals surface area contributed by atoms with Gasteiger partial charge in [-0.3, -0.25) is 0 Å². The Balaban J connectivity index is 2.89. The first-order chi connectivity index (χ1) is 7.28. The number of halogens is 4. The topological polar surface area (TPSA) is 46.2 Å². The van der Waals surface area contributed by atoms with Gasteiger partial charge in [0.1, 0.15) is 0 Å². The van der Waals surface area contributed by atoms with Gasteiger partial charge in [0.25, 0.3) is 0 Å². The lowest BCUT2D eigenvalue weighted by Gasteiger charge is -2.29. The summed E-state index contributed by atoms with van der Waals surface area (Å²) < 4.78 is 37.5. The smallest absolute Gasteiger partial charge is 0.379 e. The molecular weight excluding hydrogens is 243 g/mol. The second-order valence-corrected chi connectivity index (χ2v) is 3.97. The van der Waals surface area contributed by atoms with E-state index in [0.717, 1.165) is 0 Å². The largest absolute Gasteiger partial charge is 0.418 e. The molecule has 1 unspecified atom stereocenters. The van der Waals surface area contributed by atoms with Crippen LogP contribution in [0.3, 0.4) is 0 Å². The SMILES string of the molecule is NCC(O)(Cc1ccc(Cl)cc1)C(F)(F)F. The molecule has 0 aromatic heterocycles. The molecule has 0 saturated carbocycles. The number of benzene rings is 1. The Bertz CT molecular complexity index is 352. The quantitative estimate of drug-likeness (QED) is 0.867. The van der Waals surface area contributed by atoms with Crippen LogP contribution in [0.25, 0.3) is 0 Å². The van der Waals surface area contributed by atoms with Crippen LogP contribution in [0, 0.1) is 0 Å². The summed E-state index contributed by atoms with van der Waals surface area (Å²) >= 11 is 5.60. The highest BCUT2D eigenvalue weighted by atomic mass is 35.5. The summed E-state index contributed by atoms with van der Waals surface area (Å²) in [6, 6.07) is 5.78. The Morgan fingerprint density at radius 3 is 2.06 bits per heavy atom. The summed E-state index contributed by atoms with van der Waals surface area (Å²) in [5.74, 6) is 0. The van der Waals surface area contributed by atoms with Gasteiger partial charge >= 0.3 is 6.18 Å². The molecule has 16 heavy (non-hydrogen) atoms. The summed E-state index contributed by atoms with van der Waals surface area (Å²) in [6.45, 7) is -0.876. The summed E-state index contributed by atoms with van der Waals surface area (Å²) in [5, 5.41) is 9.82. The number of alkyl halides is 3. The van der Waals surface area contributed by atoms with E-state index in [9.17, 15) is 18.3 Å². The van der Waals surface area contributed by atoms with Gasteiger partial charge in [0.05, 0.1) is 0 Å². The summed E-state index contributed by atoms with van der Waals surface area (Å²) in [5.41, 5.74) is 2.42. The van der Waals surface area contributed by atoms with Crippen molar-refractivity contribution in [2.75, 3.05) is 6.54 Å². The maximum absolute atomic E-state index is 12.5. The van der Waals surface area contributed by atoms with Gasteiger partial charge in [0.15, 0.2) is 5.60 Å². The van der Waals surface area contributed by atoms with Gasteiger partial charge in [-0.1, -0.05) is 23.7 Å². The zero-order chi connectivity index (χ0) is 12.4. The van der Waals surface area contributed by atoms with Gasteiger partial charge in [-0.2, -0.15) is 13.2 Å². The second-order valence-electron chi connectivity index (χ2n) is 3.54. The summed E-state index contributed by atoms with van der Waals surface area (Å²) in [4.78, 5) is 0. The van der Waals surface area contributed by atoms with Crippen LogP contribution in [0.15, 0.2) is 24.3 Å². The lowest BCUT2D eigenvalue weighted by Crippen LogP contribution is -2.52. The third-order valence-corrected chi connectivity index (χ3v) is 2.53. The Morgan fingerprint density at radius 1 is 1.19 bits per heavy atom. The van der Waals surface area contributed by atoms with Gasteiger partial charge in [0, 0.05) is 18.0 Å². The van der Waals surface area contributed by atoms with E-state index in [1.54, 1.807) is 0 Å². The molecule has 2 nitrogen and oxygen atoms in total. The van der Waals surface area contributed by atoms with Crippen molar-refractivity contribution in [3.63, 3.8) is 0 Å². The minimum atomic E-state index is -4.75. The molecule has 3 N–H and O–H groups in total. The molecule has 0 spiro atoms. The average Bonchev–Trinajstić information content (AvgIpc) is 2.19. The molecule has 0 bridgehead atoms. The molecule has 0 heterocycles. The average molecular weight is 254 g/mol. The molecular formula is C10H11ClF3NO. The van der Waals surface area contributed by atoms with Crippen LogP contribution < -0.4 is 5.73 Å². The molecule has 0 fully saturated rings. The highest BCUT2D eigenvalue weighted by Crippen LogP contribution is 2.32. The van der Waals surface area contributed by atoms with Crippen LogP contribution in [0.4, 0.5) is 13.2 Å². The minimum absolute atomic E-state index is 0.328. The molecule has 0 aliphatic rings. The molecule has 0 aliphatic carbocycles. The predicted octanol–water partition coefficient (Wildman–Crippen LogP) is 2.13. The summed E-state index contributed by atoms with van der Waals surface area (Å²) in [6.07, 6.45) is -5.33. The predicted molar refractivity (Wildman–Crippen MR) is 55.2 cm³/mol. The van der Waals surface area contributed by atoms with Crippen LogP contribution in [0.1, 0.15) is 5.56 Å². The van der Waals surface area contributed by atoms with E-state index in [0.29, 0.717) is 10.6 Å². The molecule has 90 valence electrons. The van der Waals surface area contributed by atoms with Crippen LogP contribution in [-0.2, 0) is 6.42 Å². The first kappa shape index (κ1) is 13.3. The van der Waals surface area contributed by atoms with Crippen molar-refractivity contribution in [1.82, 2.24) is 0 Å². The third kappa shape index (κ3) is 2.87. The van der Waals surface area contributed by atoms with Gasteiger partial charge in [-0.15, -0.1) is 0 Å². The summed E-state index contributed by atoms with van der Waals surface area (Å²) in [7, 11) is 0. The van der Waals surface area contributed by atoms with E-state index in [2.05, 4.69) is 0 Å². The Kier molecular flexibility index (Phi) is 3.83. The van der Waals surface area contributed by atoms with Crippen molar-refractivity contribution in [3.05, 3.63) is 34.9 Å². The first-order valence-electron chi connectivity index (χ1n) is 4.52. The van der Waals surface area contributed by atoms with Gasteiger partial charge < -0.3 is 10.8 Å². The zero-order valence-corrected chi connectivity index (χ0v) is 9.02. The number of aliphatic hydroxyl groups is 1. The normalized spacial score (nSPS) is 15.9. The highest BCUT2D eigenvalue weighted by molar-refractivity contribution is 6.30. The zero-order valence-electron chi connectivity index (χ0n) is 8.26. The minimum Gasteiger partial charge on any atom is -0.379 e. The fourth-order valence-corrected chi connectivity index (χ4v) is 1.35. The van der Waals surface area contributed by atoms with Crippen LogP contribution in [0.2, 0.25) is 5.02 Å². The van der Waals surface area contributed by atoms with Gasteiger partial charge in [0.2, 0.25) is 0 Å². The van der Waals surface area contributed by atoms with E-state index < -0.39 is 24.7 Å². The first-order valence-corrected chi connectivity index (χ1v) is 4.90.